The SMILES string of the molecule is O=C(OCc1nnc(-c2ccccc2)o1)c1ccccc1C(=O)c1ccccc1. The number of carbonyl (C=O) groups is 2. The zero-order chi connectivity index (χ0) is 20.1. The van der Waals surface area contributed by atoms with Crippen LogP contribution < -0.4 is 0 Å². The van der Waals surface area contributed by atoms with Gasteiger partial charge in [-0.05, 0) is 18.2 Å². The summed E-state index contributed by atoms with van der Waals surface area (Å²) in [5.74, 6) is -0.368. The number of ketones is 1. The van der Waals surface area contributed by atoms with Crippen molar-refractivity contribution in [2.45, 2.75) is 6.61 Å². The number of hydrogen-bond donors (Lipinski definition) is 0. The zero-order valence-corrected chi connectivity index (χ0v) is 15.3. The molecule has 0 radical (unpaired) electrons. The number of esters is 1. The molecule has 0 saturated carbocycles. The quantitative estimate of drug-likeness (QED) is 0.364. The highest BCUT2D eigenvalue weighted by Gasteiger charge is 2.20. The van der Waals surface area contributed by atoms with E-state index in [2.05, 4.69) is 10.2 Å². The van der Waals surface area contributed by atoms with Crippen LogP contribution in [0.5, 0.6) is 0 Å². The average molecular weight is 384 g/mol. The highest BCUT2D eigenvalue weighted by molar-refractivity contribution is 6.14. The first kappa shape index (κ1) is 18.3. The van der Waals surface area contributed by atoms with Crippen molar-refractivity contribution >= 4 is 11.8 Å². The van der Waals surface area contributed by atoms with E-state index in [1.165, 1.54) is 0 Å². The van der Waals surface area contributed by atoms with E-state index < -0.39 is 5.97 Å². The van der Waals surface area contributed by atoms with Gasteiger partial charge in [-0.15, -0.1) is 10.2 Å². The maximum atomic E-state index is 12.8. The van der Waals surface area contributed by atoms with Crippen molar-refractivity contribution in [1.82, 2.24) is 10.2 Å². The van der Waals surface area contributed by atoms with Gasteiger partial charge < -0.3 is 9.15 Å². The maximum absolute atomic E-state index is 12.8. The van der Waals surface area contributed by atoms with E-state index in [4.69, 9.17) is 9.15 Å². The summed E-state index contributed by atoms with van der Waals surface area (Å²) in [5.41, 5.74) is 1.73. The number of carbonyl (C=O) groups excluding carboxylic acids is 2. The third-order valence-electron chi connectivity index (χ3n) is 4.24. The van der Waals surface area contributed by atoms with Crippen LogP contribution in [0, 0.1) is 0 Å². The number of nitrogens with zero attached hydrogens (tertiary/aromatic N) is 2. The third kappa shape index (κ3) is 4.11. The molecule has 6 heteroatoms. The summed E-state index contributed by atoms with van der Waals surface area (Å²) in [4.78, 5) is 25.3. The van der Waals surface area contributed by atoms with E-state index in [1.807, 2.05) is 36.4 Å². The Morgan fingerprint density at radius 2 is 1.38 bits per heavy atom. The van der Waals surface area contributed by atoms with Crippen molar-refractivity contribution in [3.8, 4) is 11.5 Å². The Bertz CT molecular complexity index is 1140. The third-order valence-corrected chi connectivity index (χ3v) is 4.24. The van der Waals surface area contributed by atoms with E-state index in [0.29, 0.717) is 11.5 Å². The van der Waals surface area contributed by atoms with Gasteiger partial charge in [-0.25, -0.2) is 4.79 Å². The molecule has 0 N–H and O–H groups in total. The van der Waals surface area contributed by atoms with Crippen LogP contribution in [0.25, 0.3) is 11.5 Å². The van der Waals surface area contributed by atoms with Gasteiger partial charge in [0, 0.05) is 16.7 Å². The molecule has 0 spiro atoms. The van der Waals surface area contributed by atoms with Gasteiger partial charge in [0.2, 0.25) is 5.89 Å². The smallest absolute Gasteiger partial charge is 0.339 e. The van der Waals surface area contributed by atoms with Gasteiger partial charge in [0.25, 0.3) is 5.89 Å². The number of benzene rings is 3. The Morgan fingerprint density at radius 3 is 2.10 bits per heavy atom. The predicted octanol–water partition coefficient (Wildman–Crippen LogP) is 4.32. The van der Waals surface area contributed by atoms with Crippen molar-refractivity contribution in [2.75, 3.05) is 0 Å². The Balaban J connectivity index is 1.49. The summed E-state index contributed by atoms with van der Waals surface area (Å²) in [7, 11) is 0. The van der Waals surface area contributed by atoms with Gasteiger partial charge in [0.05, 0.1) is 5.56 Å². The van der Waals surface area contributed by atoms with E-state index in [1.54, 1.807) is 48.5 Å². The maximum Gasteiger partial charge on any atom is 0.339 e. The molecular formula is C23H16N2O4. The first-order chi connectivity index (χ1) is 14.2. The fourth-order valence-electron chi connectivity index (χ4n) is 2.82. The van der Waals surface area contributed by atoms with E-state index in [0.717, 1.165) is 5.56 Å². The summed E-state index contributed by atoms with van der Waals surface area (Å²) < 4.78 is 10.8. The fourth-order valence-corrected chi connectivity index (χ4v) is 2.82. The predicted molar refractivity (Wildman–Crippen MR) is 105 cm³/mol. The zero-order valence-electron chi connectivity index (χ0n) is 15.3. The van der Waals surface area contributed by atoms with E-state index >= 15 is 0 Å². The van der Waals surface area contributed by atoms with Crippen LogP contribution in [0.3, 0.4) is 0 Å². The summed E-state index contributed by atoms with van der Waals surface area (Å²) in [5, 5.41) is 7.86. The molecule has 0 aliphatic heterocycles. The Labute approximate surface area is 166 Å². The van der Waals surface area contributed by atoms with Gasteiger partial charge in [-0.3, -0.25) is 4.79 Å². The molecule has 0 bridgehead atoms. The van der Waals surface area contributed by atoms with Gasteiger partial charge >= 0.3 is 5.97 Å². The lowest BCUT2D eigenvalue weighted by atomic mass is 9.98. The first-order valence-electron chi connectivity index (χ1n) is 8.96. The number of ether oxygens (including phenoxy) is 1. The lowest BCUT2D eigenvalue weighted by Crippen LogP contribution is -2.12. The largest absolute Gasteiger partial charge is 0.452 e. The Kier molecular flexibility index (Phi) is 5.25. The normalized spacial score (nSPS) is 10.5. The standard InChI is InChI=1S/C23H16N2O4/c26-21(16-9-3-1-4-10-16)18-13-7-8-14-19(18)23(27)28-15-20-24-25-22(29-20)17-11-5-2-6-12-17/h1-14H,15H2. The monoisotopic (exact) mass is 384 g/mol. The fraction of sp³-hybridized carbons (Fsp3) is 0.0435. The van der Waals surface area contributed by atoms with Crippen LogP contribution in [0.2, 0.25) is 0 Å². The molecule has 0 aliphatic carbocycles. The van der Waals surface area contributed by atoms with Crippen molar-refractivity contribution < 1.29 is 18.7 Å². The van der Waals surface area contributed by atoms with Crippen LogP contribution in [-0.4, -0.2) is 21.9 Å². The highest BCUT2D eigenvalue weighted by Crippen LogP contribution is 2.19. The minimum absolute atomic E-state index is 0.170. The molecule has 0 saturated heterocycles. The summed E-state index contributed by atoms with van der Waals surface area (Å²) in [6, 6.07) is 24.6. The molecule has 1 heterocycles. The molecule has 0 amide bonds. The average Bonchev–Trinajstić information content (AvgIpc) is 3.27. The second-order valence-corrected chi connectivity index (χ2v) is 6.18. The molecule has 1 aromatic heterocycles. The van der Waals surface area contributed by atoms with Crippen LogP contribution in [0.15, 0.2) is 89.3 Å². The second kappa shape index (κ2) is 8.31. The number of rotatable bonds is 6. The van der Waals surface area contributed by atoms with Gasteiger partial charge in [0.1, 0.15) is 0 Å². The lowest BCUT2D eigenvalue weighted by Gasteiger charge is -2.08. The van der Waals surface area contributed by atoms with Crippen molar-refractivity contribution in [1.29, 1.82) is 0 Å². The molecule has 0 unspecified atom stereocenters. The van der Waals surface area contributed by atoms with Crippen LogP contribution in [-0.2, 0) is 11.3 Å². The van der Waals surface area contributed by atoms with Gasteiger partial charge in [-0.2, -0.15) is 0 Å². The number of aromatic nitrogens is 2. The Hall–Kier alpha value is -4.06. The summed E-state index contributed by atoms with van der Waals surface area (Å²) in [6.07, 6.45) is 0. The molecule has 0 aliphatic rings. The summed E-state index contributed by atoms with van der Waals surface area (Å²) >= 11 is 0. The summed E-state index contributed by atoms with van der Waals surface area (Å²) in [6.45, 7) is -0.188. The van der Waals surface area contributed by atoms with Gasteiger partial charge in [0.15, 0.2) is 12.4 Å². The second-order valence-electron chi connectivity index (χ2n) is 6.18. The molecule has 4 aromatic rings. The highest BCUT2D eigenvalue weighted by atomic mass is 16.5. The molecule has 0 atom stereocenters. The minimum atomic E-state index is -0.635. The van der Waals surface area contributed by atoms with Crippen molar-refractivity contribution in [2.24, 2.45) is 0 Å². The van der Waals surface area contributed by atoms with Crippen molar-refractivity contribution in [3.63, 3.8) is 0 Å². The molecule has 4 rings (SSSR count). The number of hydrogen-bond acceptors (Lipinski definition) is 6. The van der Waals surface area contributed by atoms with Gasteiger partial charge in [-0.1, -0.05) is 66.7 Å². The van der Waals surface area contributed by atoms with Crippen LogP contribution in [0.4, 0.5) is 0 Å². The van der Waals surface area contributed by atoms with Crippen molar-refractivity contribution in [3.05, 3.63) is 108 Å². The molecule has 0 fully saturated rings. The van der Waals surface area contributed by atoms with Crippen LogP contribution >= 0.6 is 0 Å². The molecule has 3 aromatic carbocycles. The molecule has 29 heavy (non-hydrogen) atoms. The minimum Gasteiger partial charge on any atom is -0.452 e. The van der Waals surface area contributed by atoms with E-state index in [9.17, 15) is 9.59 Å². The first-order valence-corrected chi connectivity index (χ1v) is 8.96. The molecule has 6 nitrogen and oxygen atoms in total. The lowest BCUT2D eigenvalue weighted by molar-refractivity contribution is 0.0436. The molecular weight excluding hydrogens is 368 g/mol. The Morgan fingerprint density at radius 1 is 0.759 bits per heavy atom. The molecule has 142 valence electrons. The van der Waals surface area contributed by atoms with Crippen LogP contribution in [0.1, 0.15) is 32.2 Å². The van der Waals surface area contributed by atoms with E-state index in [-0.39, 0.29) is 29.4 Å². The topological polar surface area (TPSA) is 82.3 Å².